The Kier molecular flexibility index (Phi) is 3.83. The van der Waals surface area contributed by atoms with Gasteiger partial charge in [0.05, 0.1) is 6.42 Å². The quantitative estimate of drug-likeness (QED) is 0.831. The van der Waals surface area contributed by atoms with E-state index in [1.165, 1.54) is 0 Å². The second-order valence-corrected chi connectivity index (χ2v) is 6.61. The van der Waals surface area contributed by atoms with Gasteiger partial charge in [0, 0.05) is 18.8 Å². The van der Waals surface area contributed by atoms with Crippen molar-refractivity contribution in [3.63, 3.8) is 0 Å². The van der Waals surface area contributed by atoms with Crippen molar-refractivity contribution >= 4 is 11.6 Å². The Hall–Kier alpha value is -1.51. The fraction of sp³-hybridized carbons (Fsp3) is 0.562. The first-order valence-corrected chi connectivity index (χ1v) is 6.98. The largest absolute Gasteiger partial charge is 0.399 e. The molecule has 1 aromatic carbocycles. The maximum Gasteiger partial charge on any atom is 0.226 e. The zero-order chi connectivity index (χ0) is 14.0. The van der Waals surface area contributed by atoms with E-state index in [0.717, 1.165) is 30.8 Å². The molecule has 1 aliphatic heterocycles. The van der Waals surface area contributed by atoms with E-state index in [1.54, 1.807) is 0 Å². The summed E-state index contributed by atoms with van der Waals surface area (Å²) >= 11 is 0. The third-order valence-electron chi connectivity index (χ3n) is 4.10. The third kappa shape index (κ3) is 3.49. The number of amides is 1. The van der Waals surface area contributed by atoms with Crippen molar-refractivity contribution in [2.75, 3.05) is 18.8 Å². The van der Waals surface area contributed by atoms with Crippen molar-refractivity contribution in [1.82, 2.24) is 4.90 Å². The first-order chi connectivity index (χ1) is 8.86. The highest BCUT2D eigenvalue weighted by Crippen LogP contribution is 2.33. The third-order valence-corrected chi connectivity index (χ3v) is 4.10. The average Bonchev–Trinajstić information content (AvgIpc) is 2.81. The molecule has 1 atom stereocenters. The molecular weight excluding hydrogens is 236 g/mol. The molecule has 1 aliphatic rings. The summed E-state index contributed by atoms with van der Waals surface area (Å²) in [5.74, 6) is 0.847. The number of nitrogens with zero attached hydrogens (tertiary/aromatic N) is 1. The Morgan fingerprint density at radius 1 is 1.32 bits per heavy atom. The Balaban J connectivity index is 1.93. The van der Waals surface area contributed by atoms with Crippen molar-refractivity contribution in [1.29, 1.82) is 0 Å². The van der Waals surface area contributed by atoms with Gasteiger partial charge < -0.3 is 10.6 Å². The molecule has 1 heterocycles. The van der Waals surface area contributed by atoms with Gasteiger partial charge in [-0.1, -0.05) is 32.9 Å². The molecule has 104 valence electrons. The van der Waals surface area contributed by atoms with Gasteiger partial charge in [0.25, 0.3) is 0 Å². The van der Waals surface area contributed by atoms with Gasteiger partial charge >= 0.3 is 0 Å². The molecule has 0 aliphatic carbocycles. The lowest BCUT2D eigenvalue weighted by Gasteiger charge is -2.27. The number of benzene rings is 1. The second-order valence-electron chi connectivity index (χ2n) is 6.61. The summed E-state index contributed by atoms with van der Waals surface area (Å²) in [4.78, 5) is 14.3. The zero-order valence-corrected chi connectivity index (χ0v) is 12.1. The molecule has 0 spiro atoms. The van der Waals surface area contributed by atoms with E-state index in [0.29, 0.717) is 12.3 Å². The van der Waals surface area contributed by atoms with Crippen molar-refractivity contribution in [2.45, 2.75) is 33.6 Å². The average molecular weight is 260 g/mol. The minimum Gasteiger partial charge on any atom is -0.399 e. The smallest absolute Gasteiger partial charge is 0.226 e. The molecule has 3 nitrogen and oxygen atoms in total. The topological polar surface area (TPSA) is 46.3 Å². The number of nitrogen functional groups attached to an aromatic ring is 1. The van der Waals surface area contributed by atoms with Crippen LogP contribution in [0.4, 0.5) is 5.69 Å². The second kappa shape index (κ2) is 5.24. The first kappa shape index (κ1) is 13.9. The maximum atomic E-state index is 12.3. The van der Waals surface area contributed by atoms with Gasteiger partial charge in [-0.15, -0.1) is 0 Å². The molecule has 0 aromatic heterocycles. The molecule has 0 radical (unpaired) electrons. The van der Waals surface area contributed by atoms with E-state index >= 15 is 0 Å². The van der Waals surface area contributed by atoms with E-state index in [4.69, 9.17) is 5.73 Å². The molecular formula is C16H24N2O. The van der Waals surface area contributed by atoms with Gasteiger partial charge in [-0.2, -0.15) is 0 Å². The van der Waals surface area contributed by atoms with Crippen LogP contribution in [0.5, 0.6) is 0 Å². The fourth-order valence-corrected chi connectivity index (χ4v) is 2.62. The summed E-state index contributed by atoms with van der Waals surface area (Å²) in [6.07, 6.45) is 1.61. The van der Waals surface area contributed by atoms with Gasteiger partial charge in [0.2, 0.25) is 5.91 Å². The van der Waals surface area contributed by atoms with E-state index < -0.39 is 0 Å². The Bertz CT molecular complexity index is 445. The van der Waals surface area contributed by atoms with Crippen LogP contribution in [0, 0.1) is 11.3 Å². The highest BCUT2D eigenvalue weighted by atomic mass is 16.2. The Morgan fingerprint density at radius 2 is 1.95 bits per heavy atom. The molecule has 0 saturated carbocycles. The van der Waals surface area contributed by atoms with E-state index in [-0.39, 0.29) is 11.3 Å². The monoisotopic (exact) mass is 260 g/mol. The van der Waals surface area contributed by atoms with Gasteiger partial charge in [-0.05, 0) is 35.4 Å². The lowest BCUT2D eigenvalue weighted by molar-refractivity contribution is -0.129. The number of hydrogen-bond acceptors (Lipinski definition) is 2. The summed E-state index contributed by atoms with van der Waals surface area (Å²) in [5, 5.41) is 0. The number of carbonyl (C=O) groups is 1. The van der Waals surface area contributed by atoms with Gasteiger partial charge in [0.15, 0.2) is 0 Å². The lowest BCUT2D eigenvalue weighted by Crippen LogP contribution is -2.32. The molecule has 2 rings (SSSR count). The lowest BCUT2D eigenvalue weighted by atomic mass is 9.80. The van der Waals surface area contributed by atoms with Crippen LogP contribution in [0.1, 0.15) is 32.8 Å². The normalized spacial score (nSPS) is 19.7. The standard InChI is InChI=1S/C16H24N2O/c1-16(2,3)13-8-9-18(11-13)15(19)10-12-4-6-14(17)7-5-12/h4-7,13H,8-11,17H2,1-3H3. The Labute approximate surface area is 115 Å². The van der Waals surface area contributed by atoms with Crippen LogP contribution in [0.2, 0.25) is 0 Å². The van der Waals surface area contributed by atoms with Crippen LogP contribution in [-0.4, -0.2) is 23.9 Å². The predicted octanol–water partition coefficient (Wildman–Crippen LogP) is 2.71. The molecule has 1 unspecified atom stereocenters. The predicted molar refractivity (Wildman–Crippen MR) is 78.7 cm³/mol. The highest BCUT2D eigenvalue weighted by Gasteiger charge is 2.33. The van der Waals surface area contributed by atoms with Crippen LogP contribution in [0.3, 0.4) is 0 Å². The van der Waals surface area contributed by atoms with Crippen LogP contribution in [0.15, 0.2) is 24.3 Å². The number of rotatable bonds is 2. The van der Waals surface area contributed by atoms with E-state index in [2.05, 4.69) is 20.8 Å². The molecule has 19 heavy (non-hydrogen) atoms. The summed E-state index contributed by atoms with van der Waals surface area (Å²) in [5.41, 5.74) is 7.72. The minimum atomic E-state index is 0.233. The van der Waals surface area contributed by atoms with E-state index in [1.807, 2.05) is 29.2 Å². The number of carbonyl (C=O) groups excluding carboxylic acids is 1. The van der Waals surface area contributed by atoms with Crippen LogP contribution >= 0.6 is 0 Å². The summed E-state index contributed by atoms with van der Waals surface area (Å²) in [7, 11) is 0. The summed E-state index contributed by atoms with van der Waals surface area (Å²) in [6.45, 7) is 8.57. The summed E-state index contributed by atoms with van der Waals surface area (Å²) in [6, 6.07) is 7.57. The van der Waals surface area contributed by atoms with Crippen molar-refractivity contribution in [3.8, 4) is 0 Å². The Morgan fingerprint density at radius 3 is 2.47 bits per heavy atom. The molecule has 2 N–H and O–H groups in total. The molecule has 0 bridgehead atoms. The number of hydrogen-bond donors (Lipinski definition) is 1. The maximum absolute atomic E-state index is 12.3. The van der Waals surface area contributed by atoms with Crippen LogP contribution in [0.25, 0.3) is 0 Å². The van der Waals surface area contributed by atoms with Crippen molar-refractivity contribution in [3.05, 3.63) is 29.8 Å². The van der Waals surface area contributed by atoms with Crippen LogP contribution in [-0.2, 0) is 11.2 Å². The van der Waals surface area contributed by atoms with Crippen molar-refractivity contribution < 1.29 is 4.79 Å². The van der Waals surface area contributed by atoms with Gasteiger partial charge in [-0.25, -0.2) is 0 Å². The van der Waals surface area contributed by atoms with Gasteiger partial charge in [-0.3, -0.25) is 4.79 Å². The molecule has 1 amide bonds. The van der Waals surface area contributed by atoms with Crippen LogP contribution < -0.4 is 5.73 Å². The zero-order valence-electron chi connectivity index (χ0n) is 12.1. The van der Waals surface area contributed by atoms with Gasteiger partial charge in [0.1, 0.15) is 0 Å². The highest BCUT2D eigenvalue weighted by molar-refractivity contribution is 5.79. The first-order valence-electron chi connectivity index (χ1n) is 6.98. The minimum absolute atomic E-state index is 0.233. The number of nitrogens with two attached hydrogens (primary N) is 1. The van der Waals surface area contributed by atoms with Crippen molar-refractivity contribution in [2.24, 2.45) is 11.3 Å². The molecule has 1 saturated heterocycles. The molecule has 1 fully saturated rings. The van der Waals surface area contributed by atoms with E-state index in [9.17, 15) is 4.79 Å². The number of anilines is 1. The fourth-order valence-electron chi connectivity index (χ4n) is 2.62. The molecule has 3 heteroatoms. The SMILES string of the molecule is CC(C)(C)C1CCN(C(=O)Cc2ccc(N)cc2)C1. The summed E-state index contributed by atoms with van der Waals surface area (Å²) < 4.78 is 0. The number of likely N-dealkylation sites (tertiary alicyclic amines) is 1. The molecule has 1 aromatic rings.